The standard InChI is InChI=1S/C9H7.C5H5.C3H6.2ClH.Ti/c1-2-5-9-7-3-6-8(9)4-1;1-2-4-5-3-1;1-3-2;;;/h1-7H;1-3H,4H2;1-2H3;2*1H;/q2*-1;;;;+2/p-2. The number of benzene rings is 1. The van der Waals surface area contributed by atoms with E-state index in [9.17, 15) is 0 Å². The average molecular weight is 341 g/mol. The fourth-order valence-electron chi connectivity index (χ4n) is 1.41. The second-order valence-corrected chi connectivity index (χ2v) is 5.72. The molecule has 0 unspecified atom stereocenters. The number of rotatable bonds is 0. The van der Waals surface area contributed by atoms with Gasteiger partial charge in [0.2, 0.25) is 0 Å². The predicted molar refractivity (Wildman–Crippen MR) is 77.5 cm³/mol. The molecule has 0 amide bonds. The Morgan fingerprint density at radius 1 is 1.15 bits per heavy atom. The average Bonchev–Trinajstić information content (AvgIpc) is 3.03. The Kier molecular flexibility index (Phi) is 14.6. The van der Waals surface area contributed by atoms with E-state index in [1.165, 1.54) is 14.6 Å². The Hall–Kier alpha value is -0.526. The van der Waals surface area contributed by atoms with Gasteiger partial charge in [-0.3, -0.25) is 6.08 Å². The Morgan fingerprint density at radius 2 is 1.80 bits per heavy atom. The Labute approximate surface area is 146 Å². The van der Waals surface area contributed by atoms with Crippen molar-refractivity contribution in [1.29, 1.82) is 0 Å². The zero-order valence-corrected chi connectivity index (χ0v) is 14.8. The van der Waals surface area contributed by atoms with Crippen molar-refractivity contribution in [2.75, 3.05) is 0 Å². The van der Waals surface area contributed by atoms with Crippen molar-refractivity contribution in [3.05, 3.63) is 66.8 Å². The van der Waals surface area contributed by atoms with Crippen LogP contribution in [0.25, 0.3) is 10.8 Å². The number of halogens is 2. The van der Waals surface area contributed by atoms with Crippen LogP contribution in [0.5, 0.6) is 0 Å². The van der Waals surface area contributed by atoms with Gasteiger partial charge < -0.3 is 24.8 Å². The molecule has 0 aliphatic heterocycles. The molecule has 1 aliphatic rings. The number of hydrogen-bond donors (Lipinski definition) is 0. The van der Waals surface area contributed by atoms with Crippen molar-refractivity contribution in [1.82, 2.24) is 0 Å². The van der Waals surface area contributed by atoms with E-state index >= 15 is 0 Å². The monoisotopic (exact) mass is 340 g/mol. The molecule has 0 saturated heterocycles. The van der Waals surface area contributed by atoms with Crippen molar-refractivity contribution in [3.63, 3.8) is 0 Å². The van der Waals surface area contributed by atoms with Gasteiger partial charge in [0.05, 0.1) is 0 Å². The molecule has 3 heteroatoms. The molecule has 106 valence electrons. The Morgan fingerprint density at radius 3 is 2.25 bits per heavy atom. The van der Waals surface area contributed by atoms with Crippen LogP contribution in [-0.4, -0.2) is 3.81 Å². The summed E-state index contributed by atoms with van der Waals surface area (Å²) in [5, 5.41) is 2.66. The summed E-state index contributed by atoms with van der Waals surface area (Å²) in [6, 6.07) is 14.7. The topological polar surface area (TPSA) is 0 Å². The fraction of sp³-hybridized carbons (Fsp3) is 0.176. The van der Waals surface area contributed by atoms with E-state index < -0.39 is 0 Å². The van der Waals surface area contributed by atoms with Crippen LogP contribution < -0.4 is 24.8 Å². The van der Waals surface area contributed by atoms with Gasteiger partial charge in [0.1, 0.15) is 0 Å². The maximum absolute atomic E-state index is 2.99. The fourth-order valence-corrected chi connectivity index (χ4v) is 1.41. The number of hydrogen-bond acceptors (Lipinski definition) is 0. The van der Waals surface area contributed by atoms with Gasteiger partial charge >= 0.3 is 37.6 Å². The van der Waals surface area contributed by atoms with E-state index in [2.05, 4.69) is 88.4 Å². The van der Waals surface area contributed by atoms with Crippen LogP contribution in [0.2, 0.25) is 0 Å². The summed E-state index contributed by atoms with van der Waals surface area (Å²) in [6.45, 7) is 4.17. The van der Waals surface area contributed by atoms with Crippen molar-refractivity contribution in [2.45, 2.75) is 20.3 Å². The molecule has 0 saturated carbocycles. The van der Waals surface area contributed by atoms with Gasteiger partial charge in [-0.2, -0.15) is 23.6 Å². The third-order valence-corrected chi connectivity index (χ3v) is 2.13. The molecular weight excluding hydrogens is 323 g/mol. The van der Waals surface area contributed by atoms with Crippen LogP contribution in [0, 0.1) is 6.08 Å². The molecule has 0 fully saturated rings. The van der Waals surface area contributed by atoms with Crippen molar-refractivity contribution in [3.8, 4) is 0 Å². The van der Waals surface area contributed by atoms with Crippen molar-refractivity contribution < 1.29 is 44.8 Å². The van der Waals surface area contributed by atoms with Crippen LogP contribution in [0.3, 0.4) is 0 Å². The van der Waals surface area contributed by atoms with Gasteiger partial charge in [-0.25, -0.2) is 12.2 Å². The van der Waals surface area contributed by atoms with E-state index in [1.54, 1.807) is 0 Å². The normalized spacial score (nSPS) is 10.4. The van der Waals surface area contributed by atoms with Gasteiger partial charge in [0.15, 0.2) is 0 Å². The van der Waals surface area contributed by atoms with E-state index in [1.807, 2.05) is 12.2 Å². The van der Waals surface area contributed by atoms with E-state index in [0.29, 0.717) is 0 Å². The summed E-state index contributed by atoms with van der Waals surface area (Å²) < 4.78 is 1.42. The molecule has 0 atom stereocenters. The Bertz CT molecular complexity index is 494. The molecule has 0 nitrogen and oxygen atoms in total. The molecule has 0 heterocycles. The maximum Gasteiger partial charge on any atom is -0.0809 e. The zero-order valence-electron chi connectivity index (χ0n) is 11.7. The minimum atomic E-state index is 0. The zero-order chi connectivity index (χ0) is 13.2. The minimum Gasteiger partial charge on any atom is -1.00 e. The van der Waals surface area contributed by atoms with Gasteiger partial charge in [0.25, 0.3) is 0 Å². The predicted octanol–water partition coefficient (Wildman–Crippen LogP) is -1.38. The SMILES string of the molecule is C[C](C)=[Ti+2].[C-]1=CC=CC1.[Cl-].[Cl-].c1ccc2[cH-]ccc2c1. The van der Waals surface area contributed by atoms with Gasteiger partial charge in [-0.05, 0) is 0 Å². The molecule has 3 rings (SSSR count). The molecule has 2 aromatic rings. The third kappa shape index (κ3) is 10.3. The van der Waals surface area contributed by atoms with E-state index in [-0.39, 0.29) is 24.8 Å². The van der Waals surface area contributed by atoms with Crippen LogP contribution in [0.1, 0.15) is 20.3 Å². The molecular formula is C17H18Cl2Ti-2. The molecule has 0 N–H and O–H groups in total. The van der Waals surface area contributed by atoms with Gasteiger partial charge in [-0.15, -0.1) is 36.1 Å². The summed E-state index contributed by atoms with van der Waals surface area (Å²) in [7, 11) is 0. The smallest absolute Gasteiger partial charge is 0.0809 e. The summed E-state index contributed by atoms with van der Waals surface area (Å²) in [6.07, 6.45) is 10.0. The largest absolute Gasteiger partial charge is 1.00 e. The molecule has 2 aromatic carbocycles. The van der Waals surface area contributed by atoms with Crippen LogP contribution in [0.15, 0.2) is 60.7 Å². The minimum absolute atomic E-state index is 0. The first kappa shape index (κ1) is 21.8. The number of fused-ring (bicyclic) bond motifs is 1. The first-order valence-corrected chi connectivity index (χ1v) is 6.82. The van der Waals surface area contributed by atoms with E-state index in [4.69, 9.17) is 0 Å². The van der Waals surface area contributed by atoms with Crippen molar-refractivity contribution in [2.24, 2.45) is 0 Å². The van der Waals surface area contributed by atoms with Gasteiger partial charge in [-0.1, -0.05) is 6.07 Å². The first-order chi connectivity index (χ1) is 8.70. The summed E-state index contributed by atoms with van der Waals surface area (Å²) >= 11 is 2.08. The molecule has 0 radical (unpaired) electrons. The maximum atomic E-state index is 2.99. The second kappa shape index (κ2) is 13.5. The van der Waals surface area contributed by atoms with Crippen LogP contribution >= 0.6 is 0 Å². The van der Waals surface area contributed by atoms with Crippen molar-refractivity contribution >= 4 is 14.6 Å². The first-order valence-electron chi connectivity index (χ1n) is 6.04. The van der Waals surface area contributed by atoms with Gasteiger partial charge in [0, 0.05) is 0 Å². The molecule has 20 heavy (non-hydrogen) atoms. The quantitative estimate of drug-likeness (QED) is 0.409. The van der Waals surface area contributed by atoms with Crippen LogP contribution in [-0.2, 0) is 20.0 Å². The second-order valence-electron chi connectivity index (χ2n) is 4.16. The molecule has 1 aliphatic carbocycles. The summed E-state index contributed by atoms with van der Waals surface area (Å²) in [5.74, 6) is 0. The summed E-state index contributed by atoms with van der Waals surface area (Å²) in [4.78, 5) is 0. The molecule has 0 aromatic heterocycles. The third-order valence-electron chi connectivity index (χ3n) is 2.13. The number of allylic oxidation sites excluding steroid dienone is 4. The molecule has 0 spiro atoms. The van der Waals surface area contributed by atoms with E-state index in [0.717, 1.165) is 6.42 Å². The summed E-state index contributed by atoms with van der Waals surface area (Å²) in [5.41, 5.74) is 0. The Balaban J connectivity index is 0. The van der Waals surface area contributed by atoms with Crippen LogP contribution in [0.4, 0.5) is 0 Å². The molecule has 0 bridgehead atoms.